The van der Waals surface area contributed by atoms with Gasteiger partial charge in [-0.2, -0.15) is 0 Å². The molecular weight excluding hydrogens is 356 g/mol. The number of amides is 2. The fourth-order valence-electron chi connectivity index (χ4n) is 2.73. The normalized spacial score (nSPS) is 18.9. The monoisotopic (exact) mass is 376 g/mol. The first-order valence-electron chi connectivity index (χ1n) is 7.50. The minimum atomic E-state index is -3.07. The maximum Gasteiger partial charge on any atom is 0.322 e. The Morgan fingerprint density at radius 2 is 2.00 bits per heavy atom. The zero-order valence-corrected chi connectivity index (χ0v) is 15.4. The highest BCUT2D eigenvalue weighted by Gasteiger charge is 2.34. The van der Waals surface area contributed by atoms with Crippen LogP contribution in [0.4, 0.5) is 10.5 Å². The Labute approximate surface area is 146 Å². The van der Waals surface area contributed by atoms with Crippen LogP contribution in [-0.2, 0) is 9.84 Å². The zero-order chi connectivity index (χ0) is 17.9. The molecule has 134 valence electrons. The summed E-state index contributed by atoms with van der Waals surface area (Å²) >= 11 is 6.05. The predicted molar refractivity (Wildman–Crippen MR) is 93.0 cm³/mol. The molecule has 0 aromatic heterocycles. The molecule has 0 spiro atoms. The van der Waals surface area contributed by atoms with Crippen LogP contribution in [0, 0.1) is 0 Å². The lowest BCUT2D eigenvalue weighted by molar-refractivity contribution is 0.197. The number of sulfone groups is 1. The fraction of sp³-hybridized carbons (Fsp3) is 0.533. The number of carbonyl (C=O) groups excluding carboxylic acids is 1. The van der Waals surface area contributed by atoms with Gasteiger partial charge in [0.1, 0.15) is 11.5 Å². The summed E-state index contributed by atoms with van der Waals surface area (Å²) in [5.74, 6) is 0.901. The van der Waals surface area contributed by atoms with Crippen molar-refractivity contribution in [1.29, 1.82) is 0 Å². The summed E-state index contributed by atoms with van der Waals surface area (Å²) in [5, 5.41) is 3.11. The first kappa shape index (κ1) is 18.7. The van der Waals surface area contributed by atoms with Gasteiger partial charge in [0.2, 0.25) is 0 Å². The van der Waals surface area contributed by atoms with E-state index in [1.165, 1.54) is 19.1 Å². The average Bonchev–Trinajstić information content (AvgIpc) is 2.89. The molecule has 2 amide bonds. The maximum atomic E-state index is 12.6. The lowest BCUT2D eigenvalue weighted by atomic mass is 10.2. The summed E-state index contributed by atoms with van der Waals surface area (Å²) in [5.41, 5.74) is 0.406. The van der Waals surface area contributed by atoms with Gasteiger partial charge < -0.3 is 19.7 Å². The third-order valence-corrected chi connectivity index (χ3v) is 6.01. The lowest BCUT2D eigenvalue weighted by Crippen LogP contribution is -2.43. The van der Waals surface area contributed by atoms with Crippen molar-refractivity contribution in [2.24, 2.45) is 0 Å². The molecule has 1 aliphatic rings. The maximum absolute atomic E-state index is 12.6. The Kier molecular flexibility index (Phi) is 5.82. The van der Waals surface area contributed by atoms with E-state index >= 15 is 0 Å². The highest BCUT2D eigenvalue weighted by Crippen LogP contribution is 2.36. The van der Waals surface area contributed by atoms with Crippen LogP contribution in [-0.4, -0.2) is 57.7 Å². The Balaban J connectivity index is 2.21. The van der Waals surface area contributed by atoms with Crippen LogP contribution in [0.3, 0.4) is 0 Å². The summed E-state index contributed by atoms with van der Waals surface area (Å²) in [6, 6.07) is 2.41. The molecule has 0 aliphatic carbocycles. The molecule has 0 saturated carbocycles. The first-order chi connectivity index (χ1) is 11.3. The summed E-state index contributed by atoms with van der Waals surface area (Å²) in [6.45, 7) is 2.21. The van der Waals surface area contributed by atoms with Crippen LogP contribution in [0.1, 0.15) is 13.3 Å². The number of urea groups is 1. The largest absolute Gasteiger partial charge is 0.495 e. The van der Waals surface area contributed by atoms with E-state index in [0.717, 1.165) is 0 Å². The van der Waals surface area contributed by atoms with E-state index < -0.39 is 9.84 Å². The van der Waals surface area contributed by atoms with E-state index in [1.54, 1.807) is 12.1 Å². The number of benzene rings is 1. The van der Waals surface area contributed by atoms with Gasteiger partial charge in [-0.25, -0.2) is 13.2 Å². The van der Waals surface area contributed by atoms with Gasteiger partial charge in [0.25, 0.3) is 0 Å². The van der Waals surface area contributed by atoms with Gasteiger partial charge in [-0.15, -0.1) is 0 Å². The molecule has 7 nitrogen and oxygen atoms in total. The van der Waals surface area contributed by atoms with Crippen molar-refractivity contribution in [3.63, 3.8) is 0 Å². The molecule has 1 fully saturated rings. The molecule has 1 unspecified atom stereocenters. The highest BCUT2D eigenvalue weighted by atomic mass is 35.5. The number of rotatable bonds is 5. The van der Waals surface area contributed by atoms with Crippen LogP contribution in [0.2, 0.25) is 5.02 Å². The molecule has 0 radical (unpaired) electrons. The molecule has 1 saturated heterocycles. The topological polar surface area (TPSA) is 84.9 Å². The van der Waals surface area contributed by atoms with E-state index in [4.69, 9.17) is 21.1 Å². The van der Waals surface area contributed by atoms with Gasteiger partial charge in [-0.05, 0) is 13.3 Å². The Hall–Kier alpha value is -1.67. The second-order valence-corrected chi connectivity index (χ2v) is 8.10. The van der Waals surface area contributed by atoms with E-state index in [9.17, 15) is 13.2 Å². The molecule has 1 aromatic carbocycles. The number of anilines is 1. The van der Waals surface area contributed by atoms with E-state index in [-0.39, 0.29) is 23.6 Å². The van der Waals surface area contributed by atoms with Crippen molar-refractivity contribution in [1.82, 2.24) is 4.90 Å². The quantitative estimate of drug-likeness (QED) is 0.852. The van der Waals surface area contributed by atoms with Crippen LogP contribution < -0.4 is 14.8 Å². The average molecular weight is 377 g/mol. The van der Waals surface area contributed by atoms with Gasteiger partial charge in [0, 0.05) is 24.7 Å². The van der Waals surface area contributed by atoms with Crippen LogP contribution in [0.25, 0.3) is 0 Å². The predicted octanol–water partition coefficient (Wildman–Crippen LogP) is 2.40. The number of nitrogens with one attached hydrogen (secondary N) is 1. The van der Waals surface area contributed by atoms with E-state index in [0.29, 0.717) is 35.2 Å². The van der Waals surface area contributed by atoms with Crippen molar-refractivity contribution in [2.75, 3.05) is 37.6 Å². The van der Waals surface area contributed by atoms with Crippen molar-refractivity contribution in [3.05, 3.63) is 17.2 Å². The number of halogens is 1. The number of hydrogen-bond donors (Lipinski definition) is 1. The molecule has 1 aromatic rings. The number of methoxy groups -OCH3 is 2. The lowest BCUT2D eigenvalue weighted by Gasteiger charge is -2.27. The molecule has 0 bridgehead atoms. The summed E-state index contributed by atoms with van der Waals surface area (Å²) in [6.07, 6.45) is 0.449. The van der Waals surface area contributed by atoms with Crippen LogP contribution >= 0.6 is 11.6 Å². The summed E-state index contributed by atoms with van der Waals surface area (Å²) in [7, 11) is -0.129. The van der Waals surface area contributed by atoms with Crippen LogP contribution in [0.5, 0.6) is 11.5 Å². The standard InChI is InChI=1S/C15H21ClN2O5S/c1-4-18(10-5-6-24(20,21)9-10)15(19)17-12-8-13(22-2)11(16)7-14(12)23-3/h7-8,10H,4-6,9H2,1-3H3,(H,17,19). The minimum absolute atomic E-state index is 0.00463. The van der Waals surface area contributed by atoms with Gasteiger partial charge in [0.05, 0.1) is 36.4 Å². The van der Waals surface area contributed by atoms with Gasteiger partial charge >= 0.3 is 6.03 Å². The number of ether oxygens (including phenoxy) is 2. The SMILES string of the molecule is CCN(C(=O)Nc1cc(OC)c(Cl)cc1OC)C1CCS(=O)(=O)C1. The van der Waals surface area contributed by atoms with E-state index in [1.807, 2.05) is 6.92 Å². The molecule has 24 heavy (non-hydrogen) atoms. The van der Waals surface area contributed by atoms with Gasteiger partial charge in [0.15, 0.2) is 9.84 Å². The molecule has 1 N–H and O–H groups in total. The van der Waals surface area contributed by atoms with Crippen molar-refractivity contribution in [3.8, 4) is 11.5 Å². The van der Waals surface area contributed by atoms with Gasteiger partial charge in [-0.3, -0.25) is 0 Å². The van der Waals surface area contributed by atoms with Crippen LogP contribution in [0.15, 0.2) is 12.1 Å². The molecule has 1 aliphatic heterocycles. The second-order valence-electron chi connectivity index (χ2n) is 5.46. The number of hydrogen-bond acceptors (Lipinski definition) is 5. The van der Waals surface area contributed by atoms with Gasteiger partial charge in [-0.1, -0.05) is 11.6 Å². The Morgan fingerprint density at radius 3 is 2.50 bits per heavy atom. The molecule has 1 heterocycles. The smallest absolute Gasteiger partial charge is 0.322 e. The molecule has 1 atom stereocenters. The summed E-state index contributed by atoms with van der Waals surface area (Å²) in [4.78, 5) is 14.1. The Morgan fingerprint density at radius 1 is 1.33 bits per heavy atom. The molecule has 9 heteroatoms. The van der Waals surface area contributed by atoms with E-state index in [2.05, 4.69) is 5.32 Å². The second kappa shape index (κ2) is 7.48. The zero-order valence-electron chi connectivity index (χ0n) is 13.8. The highest BCUT2D eigenvalue weighted by molar-refractivity contribution is 7.91. The minimum Gasteiger partial charge on any atom is -0.495 e. The fourth-order valence-corrected chi connectivity index (χ4v) is 4.70. The van der Waals surface area contributed by atoms with Crippen molar-refractivity contribution < 1.29 is 22.7 Å². The first-order valence-corrected chi connectivity index (χ1v) is 9.70. The Bertz CT molecular complexity index is 723. The number of nitrogens with zero attached hydrogens (tertiary/aromatic N) is 1. The molecule has 2 rings (SSSR count). The third-order valence-electron chi connectivity index (χ3n) is 3.97. The number of carbonyl (C=O) groups is 1. The van der Waals surface area contributed by atoms with Crippen molar-refractivity contribution in [2.45, 2.75) is 19.4 Å². The third kappa shape index (κ3) is 4.05. The van der Waals surface area contributed by atoms with Crippen molar-refractivity contribution >= 4 is 33.2 Å². The summed E-state index contributed by atoms with van der Waals surface area (Å²) < 4.78 is 33.7. The molecular formula is C15H21ClN2O5S.